The van der Waals surface area contributed by atoms with Crippen LogP contribution in [0.25, 0.3) is 0 Å². The minimum absolute atomic E-state index is 0. The van der Waals surface area contributed by atoms with E-state index in [0.717, 1.165) is 18.6 Å². The van der Waals surface area contributed by atoms with Crippen LogP contribution in [-0.2, 0) is 0 Å². The third-order valence-corrected chi connectivity index (χ3v) is 4.47. The number of benzene rings is 1. The highest BCUT2D eigenvalue weighted by molar-refractivity contribution is 14.1. The van der Waals surface area contributed by atoms with E-state index in [0.29, 0.717) is 23.2 Å². The smallest absolute Gasteiger partial charge is 0.255 e. The molecule has 1 amide bonds. The van der Waals surface area contributed by atoms with Crippen molar-refractivity contribution in [2.24, 2.45) is 11.1 Å². The SMILES string of the molecule is CC1(CN)CCN(C(=O)c2cc(F)c(F)cc2I)C1.Cl. The van der Waals surface area contributed by atoms with Gasteiger partial charge in [0.15, 0.2) is 11.6 Å². The molecule has 1 atom stereocenters. The van der Waals surface area contributed by atoms with E-state index >= 15 is 0 Å². The third-order valence-electron chi connectivity index (χ3n) is 3.58. The molecular formula is C13H16ClF2IN2O. The Labute approximate surface area is 136 Å². The van der Waals surface area contributed by atoms with Gasteiger partial charge in [0, 0.05) is 16.7 Å². The first-order valence-corrected chi connectivity index (χ1v) is 7.08. The van der Waals surface area contributed by atoms with E-state index in [1.54, 1.807) is 4.90 Å². The molecule has 1 fully saturated rings. The van der Waals surface area contributed by atoms with Crippen molar-refractivity contribution in [1.82, 2.24) is 4.90 Å². The zero-order chi connectivity index (χ0) is 14.2. The van der Waals surface area contributed by atoms with Crippen LogP contribution < -0.4 is 5.73 Å². The van der Waals surface area contributed by atoms with Crippen molar-refractivity contribution in [3.8, 4) is 0 Å². The molecule has 0 aliphatic carbocycles. The van der Waals surface area contributed by atoms with Gasteiger partial charge in [0.25, 0.3) is 5.91 Å². The number of hydrogen-bond donors (Lipinski definition) is 1. The summed E-state index contributed by atoms with van der Waals surface area (Å²) in [5, 5.41) is 0. The molecule has 0 aromatic heterocycles. The van der Waals surface area contributed by atoms with Gasteiger partial charge in [0.05, 0.1) is 5.56 Å². The number of carbonyl (C=O) groups is 1. The van der Waals surface area contributed by atoms with Gasteiger partial charge in [-0.25, -0.2) is 8.78 Å². The van der Waals surface area contributed by atoms with Crippen LogP contribution in [0, 0.1) is 20.6 Å². The normalized spacial score (nSPS) is 21.8. The summed E-state index contributed by atoms with van der Waals surface area (Å²) in [6.07, 6.45) is 0.829. The van der Waals surface area contributed by atoms with Crippen molar-refractivity contribution in [3.63, 3.8) is 0 Å². The molecule has 3 nitrogen and oxygen atoms in total. The van der Waals surface area contributed by atoms with Crippen molar-refractivity contribution in [1.29, 1.82) is 0 Å². The van der Waals surface area contributed by atoms with E-state index in [9.17, 15) is 13.6 Å². The molecule has 0 spiro atoms. The zero-order valence-corrected chi connectivity index (χ0v) is 13.9. The standard InChI is InChI=1S/C13H15F2IN2O.ClH/c1-13(6-17)2-3-18(7-13)12(19)8-4-9(14)10(15)5-11(8)16;/h4-5H,2-3,6-7,17H2,1H3;1H. The van der Waals surface area contributed by atoms with Gasteiger partial charge in [0.1, 0.15) is 0 Å². The summed E-state index contributed by atoms with van der Waals surface area (Å²) >= 11 is 1.84. The molecule has 112 valence electrons. The Bertz CT molecular complexity index is 529. The van der Waals surface area contributed by atoms with E-state index in [-0.39, 0.29) is 29.3 Å². The molecule has 1 aromatic rings. The van der Waals surface area contributed by atoms with Gasteiger partial charge in [-0.15, -0.1) is 12.4 Å². The van der Waals surface area contributed by atoms with Crippen LogP contribution in [0.2, 0.25) is 0 Å². The maximum absolute atomic E-state index is 13.3. The molecule has 7 heteroatoms. The number of carbonyl (C=O) groups excluding carboxylic acids is 1. The lowest BCUT2D eigenvalue weighted by molar-refractivity contribution is 0.0775. The molecule has 1 heterocycles. The number of likely N-dealkylation sites (tertiary alicyclic amines) is 1. The minimum Gasteiger partial charge on any atom is -0.338 e. The highest BCUT2D eigenvalue weighted by Gasteiger charge is 2.35. The summed E-state index contributed by atoms with van der Waals surface area (Å²) in [7, 11) is 0. The monoisotopic (exact) mass is 416 g/mol. The highest BCUT2D eigenvalue weighted by atomic mass is 127. The van der Waals surface area contributed by atoms with Crippen LogP contribution in [0.4, 0.5) is 8.78 Å². The summed E-state index contributed by atoms with van der Waals surface area (Å²) in [6, 6.07) is 2.01. The average molecular weight is 417 g/mol. The van der Waals surface area contributed by atoms with E-state index in [4.69, 9.17) is 5.73 Å². The summed E-state index contributed by atoms with van der Waals surface area (Å²) in [4.78, 5) is 14.0. The number of nitrogens with two attached hydrogens (primary N) is 1. The van der Waals surface area contributed by atoms with Gasteiger partial charge in [-0.2, -0.15) is 0 Å². The van der Waals surface area contributed by atoms with Gasteiger partial charge in [-0.3, -0.25) is 4.79 Å². The van der Waals surface area contributed by atoms with Gasteiger partial charge in [-0.05, 0) is 53.1 Å². The first-order valence-electron chi connectivity index (χ1n) is 6.00. The first-order chi connectivity index (χ1) is 8.86. The van der Waals surface area contributed by atoms with Crippen LogP contribution in [0.1, 0.15) is 23.7 Å². The van der Waals surface area contributed by atoms with E-state index in [1.165, 1.54) is 0 Å². The van der Waals surface area contributed by atoms with Crippen molar-refractivity contribution in [2.45, 2.75) is 13.3 Å². The van der Waals surface area contributed by atoms with Gasteiger partial charge in [-0.1, -0.05) is 6.92 Å². The Morgan fingerprint density at radius 1 is 1.45 bits per heavy atom. The number of amides is 1. The number of halogens is 4. The topological polar surface area (TPSA) is 46.3 Å². The number of rotatable bonds is 2. The van der Waals surface area contributed by atoms with E-state index in [1.807, 2.05) is 29.5 Å². The molecule has 1 aliphatic heterocycles. The Balaban J connectivity index is 0.00000200. The fraction of sp³-hybridized carbons (Fsp3) is 0.462. The molecule has 0 bridgehead atoms. The van der Waals surface area contributed by atoms with Crippen molar-refractivity contribution >= 4 is 40.9 Å². The second kappa shape index (κ2) is 6.53. The molecule has 1 aliphatic rings. The summed E-state index contributed by atoms with van der Waals surface area (Å²) in [5.41, 5.74) is 5.82. The molecule has 1 unspecified atom stereocenters. The summed E-state index contributed by atoms with van der Waals surface area (Å²) < 4.78 is 26.7. The molecule has 0 radical (unpaired) electrons. The van der Waals surface area contributed by atoms with Crippen LogP contribution >= 0.6 is 35.0 Å². The largest absolute Gasteiger partial charge is 0.338 e. The van der Waals surface area contributed by atoms with Crippen molar-refractivity contribution < 1.29 is 13.6 Å². The Hall–Kier alpha value is -0.470. The van der Waals surface area contributed by atoms with Crippen molar-refractivity contribution in [3.05, 3.63) is 32.9 Å². The first kappa shape index (κ1) is 17.6. The third kappa shape index (κ3) is 3.40. The summed E-state index contributed by atoms with van der Waals surface area (Å²) in [5.74, 6) is -2.20. The quantitative estimate of drug-likeness (QED) is 0.595. The Kier molecular flexibility index (Phi) is 5.74. The zero-order valence-electron chi connectivity index (χ0n) is 11.0. The summed E-state index contributed by atoms with van der Waals surface area (Å²) in [6.45, 7) is 3.68. The molecule has 2 rings (SSSR count). The van der Waals surface area contributed by atoms with E-state index < -0.39 is 11.6 Å². The van der Waals surface area contributed by atoms with Crippen molar-refractivity contribution in [2.75, 3.05) is 19.6 Å². The van der Waals surface area contributed by atoms with Gasteiger partial charge < -0.3 is 10.6 Å². The Morgan fingerprint density at radius 2 is 2.05 bits per heavy atom. The molecule has 0 saturated carbocycles. The predicted molar refractivity (Wildman–Crippen MR) is 84.0 cm³/mol. The van der Waals surface area contributed by atoms with Gasteiger partial charge >= 0.3 is 0 Å². The lowest BCUT2D eigenvalue weighted by atomic mass is 9.90. The minimum atomic E-state index is -0.996. The molecule has 2 N–H and O–H groups in total. The van der Waals surface area contributed by atoms with Crippen LogP contribution in [0.15, 0.2) is 12.1 Å². The fourth-order valence-corrected chi connectivity index (χ4v) is 2.88. The molecule has 1 aromatic carbocycles. The average Bonchev–Trinajstić information content (AvgIpc) is 2.77. The number of hydrogen-bond acceptors (Lipinski definition) is 2. The fourth-order valence-electron chi connectivity index (χ4n) is 2.22. The van der Waals surface area contributed by atoms with Crippen LogP contribution in [-0.4, -0.2) is 30.4 Å². The lowest BCUT2D eigenvalue weighted by Crippen LogP contribution is -2.34. The second-order valence-electron chi connectivity index (χ2n) is 5.24. The Morgan fingerprint density at radius 3 is 2.60 bits per heavy atom. The second-order valence-corrected chi connectivity index (χ2v) is 6.40. The lowest BCUT2D eigenvalue weighted by Gasteiger charge is -2.23. The predicted octanol–water partition coefficient (Wildman–Crippen LogP) is 2.80. The highest BCUT2D eigenvalue weighted by Crippen LogP contribution is 2.30. The molecule has 1 saturated heterocycles. The maximum Gasteiger partial charge on any atom is 0.255 e. The van der Waals surface area contributed by atoms with E-state index in [2.05, 4.69) is 0 Å². The number of nitrogens with zero attached hydrogens (tertiary/aromatic N) is 1. The molecule has 20 heavy (non-hydrogen) atoms. The van der Waals surface area contributed by atoms with Gasteiger partial charge in [0.2, 0.25) is 0 Å². The van der Waals surface area contributed by atoms with Crippen LogP contribution in [0.5, 0.6) is 0 Å². The van der Waals surface area contributed by atoms with Crippen LogP contribution in [0.3, 0.4) is 0 Å². The molecular weight excluding hydrogens is 401 g/mol. The maximum atomic E-state index is 13.3.